The van der Waals surface area contributed by atoms with Gasteiger partial charge in [-0.25, -0.2) is 4.98 Å². The molecule has 0 aliphatic carbocycles. The Kier molecular flexibility index (Phi) is 9.93. The van der Waals surface area contributed by atoms with E-state index in [4.69, 9.17) is 13.7 Å². The molecule has 1 saturated heterocycles. The van der Waals surface area contributed by atoms with E-state index in [1.54, 1.807) is 43.9 Å². The van der Waals surface area contributed by atoms with E-state index in [2.05, 4.69) is 15.3 Å². The number of hydrogen-bond acceptors (Lipinski definition) is 9. The molecule has 1 aliphatic rings. The number of carbonyl (C=O) groups is 1. The van der Waals surface area contributed by atoms with Crippen molar-refractivity contribution in [2.75, 3.05) is 33.3 Å². The summed E-state index contributed by atoms with van der Waals surface area (Å²) in [4.78, 5) is 22.5. The van der Waals surface area contributed by atoms with Gasteiger partial charge in [0.15, 0.2) is 5.76 Å². The number of methoxy groups -OCH3 is 1. The number of halogens is 3. The fourth-order valence-electron chi connectivity index (χ4n) is 4.56. The summed E-state index contributed by atoms with van der Waals surface area (Å²) in [7, 11) is -2.55. The molecule has 1 atom stereocenters. The summed E-state index contributed by atoms with van der Waals surface area (Å²) in [6, 6.07) is 12.9. The fourth-order valence-corrected chi connectivity index (χ4v) is 5.08. The van der Waals surface area contributed by atoms with E-state index in [9.17, 15) is 26.4 Å². The Morgan fingerprint density at radius 3 is 2.55 bits per heavy atom. The van der Waals surface area contributed by atoms with Gasteiger partial charge in [0.25, 0.3) is 10.1 Å². The molecule has 1 fully saturated rings. The molecule has 236 valence electrons. The third-order valence-corrected chi connectivity index (χ3v) is 7.88. The number of nitrogens with one attached hydrogen (secondary N) is 2. The molecule has 44 heavy (non-hydrogen) atoms. The molecule has 0 bridgehead atoms. The van der Waals surface area contributed by atoms with Crippen molar-refractivity contribution in [2.45, 2.75) is 36.5 Å². The Balaban J connectivity index is 0.000000262. The molecule has 1 amide bonds. The van der Waals surface area contributed by atoms with Gasteiger partial charge in [-0.15, -0.1) is 0 Å². The summed E-state index contributed by atoms with van der Waals surface area (Å²) in [5, 5.41) is 6.63. The first-order valence-electron chi connectivity index (χ1n) is 13.4. The van der Waals surface area contributed by atoms with Crippen LogP contribution in [0, 0.1) is 0 Å². The lowest BCUT2D eigenvalue weighted by Gasteiger charge is -2.41. The first-order chi connectivity index (χ1) is 20.7. The molecule has 3 N–H and O–H groups in total. The molecule has 0 radical (unpaired) electrons. The predicted octanol–water partition coefficient (Wildman–Crippen LogP) is 4.02. The zero-order chi connectivity index (χ0) is 32.1. The number of ether oxygens (including phenoxy) is 1. The van der Waals surface area contributed by atoms with E-state index in [-0.39, 0.29) is 11.4 Å². The standard InChI is InChI=1S/C19H24F3N5O3.C10H8O3S/c1-18(2,17-25-9-15(30-17)12-6-13(29-3)8-23-7-12)27-5-4-24-14(10-27)16(28)26-11-19(20,21)22;11-14(12,13)10-6-5-8-3-1-2-4-9(8)7-10/h6-9,14,24H,4-5,10-11H2,1-3H3,(H,26,28);1-7H,(H,11,12,13)/t14-;/m0./s1. The number of rotatable bonds is 7. The topological polar surface area (TPSA) is 147 Å². The second kappa shape index (κ2) is 13.3. The number of piperazine rings is 1. The van der Waals surface area contributed by atoms with E-state index >= 15 is 0 Å². The highest BCUT2D eigenvalue weighted by Crippen LogP contribution is 2.32. The average molecular weight is 636 g/mol. The third-order valence-electron chi connectivity index (χ3n) is 7.03. The second-order valence-corrected chi connectivity index (χ2v) is 11.9. The SMILES string of the molecule is COc1cncc(-c2cnc(C(C)(C)N3CCN[C@H](C(=O)NCC(F)(F)F)C3)o2)c1.O=S(=O)(O)c1ccc2ccccc2c1. The predicted molar refractivity (Wildman–Crippen MR) is 156 cm³/mol. The Morgan fingerprint density at radius 2 is 1.86 bits per heavy atom. The van der Waals surface area contributed by atoms with Crippen LogP contribution in [-0.2, 0) is 20.5 Å². The summed E-state index contributed by atoms with van der Waals surface area (Å²) in [6.45, 7) is 3.67. The van der Waals surface area contributed by atoms with Crippen LogP contribution in [0.25, 0.3) is 22.1 Å². The number of benzene rings is 2. The van der Waals surface area contributed by atoms with Gasteiger partial charge in [-0.2, -0.15) is 21.6 Å². The van der Waals surface area contributed by atoms with Crippen molar-refractivity contribution in [2.24, 2.45) is 0 Å². The normalized spacial score (nSPS) is 16.2. The van der Waals surface area contributed by atoms with E-state index in [1.807, 2.05) is 42.3 Å². The number of fused-ring (bicyclic) bond motifs is 1. The molecule has 0 saturated carbocycles. The highest BCUT2D eigenvalue weighted by atomic mass is 32.2. The third kappa shape index (κ3) is 8.31. The van der Waals surface area contributed by atoms with Gasteiger partial charge >= 0.3 is 6.18 Å². The molecule has 11 nitrogen and oxygen atoms in total. The minimum Gasteiger partial charge on any atom is -0.495 e. The van der Waals surface area contributed by atoms with Crippen molar-refractivity contribution < 1.29 is 40.1 Å². The Labute approximate surface area is 252 Å². The number of carbonyl (C=O) groups excluding carboxylic acids is 1. The fraction of sp³-hybridized carbons (Fsp3) is 0.345. The molecule has 0 spiro atoms. The lowest BCUT2D eigenvalue weighted by Crippen LogP contribution is -2.61. The molecule has 0 unspecified atom stereocenters. The maximum absolute atomic E-state index is 12.4. The number of pyridine rings is 1. The van der Waals surface area contributed by atoms with Crippen LogP contribution in [0.4, 0.5) is 13.2 Å². The molecule has 5 rings (SSSR count). The van der Waals surface area contributed by atoms with Crippen molar-refractivity contribution in [1.82, 2.24) is 25.5 Å². The Hall–Kier alpha value is -4.05. The maximum Gasteiger partial charge on any atom is 0.405 e. The zero-order valence-electron chi connectivity index (χ0n) is 24.1. The van der Waals surface area contributed by atoms with Crippen LogP contribution in [0.3, 0.4) is 0 Å². The molecule has 2 aromatic heterocycles. The van der Waals surface area contributed by atoms with Gasteiger partial charge in [0, 0.05) is 31.4 Å². The monoisotopic (exact) mass is 635 g/mol. The number of alkyl halides is 3. The van der Waals surface area contributed by atoms with Gasteiger partial charge in [0.05, 0.1) is 36.0 Å². The number of nitrogens with zero attached hydrogens (tertiary/aromatic N) is 3. The Morgan fingerprint density at radius 1 is 1.14 bits per heavy atom. The summed E-state index contributed by atoms with van der Waals surface area (Å²) in [5.74, 6) is 0.832. The van der Waals surface area contributed by atoms with E-state index < -0.39 is 40.3 Å². The maximum atomic E-state index is 12.4. The smallest absolute Gasteiger partial charge is 0.405 e. The largest absolute Gasteiger partial charge is 0.495 e. The van der Waals surface area contributed by atoms with Gasteiger partial charge in [-0.3, -0.25) is 19.2 Å². The highest BCUT2D eigenvalue weighted by molar-refractivity contribution is 7.85. The lowest BCUT2D eigenvalue weighted by molar-refractivity contribution is -0.140. The van der Waals surface area contributed by atoms with Crippen molar-refractivity contribution >= 4 is 26.8 Å². The highest BCUT2D eigenvalue weighted by Gasteiger charge is 2.39. The van der Waals surface area contributed by atoms with Crippen LogP contribution >= 0.6 is 0 Å². The van der Waals surface area contributed by atoms with E-state index in [1.165, 1.54) is 12.1 Å². The van der Waals surface area contributed by atoms with Gasteiger partial charge in [-0.1, -0.05) is 30.3 Å². The second-order valence-electron chi connectivity index (χ2n) is 10.5. The van der Waals surface area contributed by atoms with Crippen molar-refractivity contribution in [3.8, 4) is 17.1 Å². The average Bonchev–Trinajstić information content (AvgIpc) is 3.51. The van der Waals surface area contributed by atoms with Crippen LogP contribution in [-0.4, -0.2) is 79.3 Å². The molecule has 2 aromatic carbocycles. The van der Waals surface area contributed by atoms with Crippen LogP contribution in [0.15, 0.2) is 76.4 Å². The van der Waals surface area contributed by atoms with Crippen molar-refractivity contribution in [3.05, 3.63) is 73.0 Å². The molecular weight excluding hydrogens is 603 g/mol. The lowest BCUT2D eigenvalue weighted by atomic mass is 10.00. The minimum atomic E-state index is -4.45. The number of amides is 1. The van der Waals surface area contributed by atoms with Gasteiger partial charge in [0.1, 0.15) is 12.3 Å². The molecule has 3 heterocycles. The van der Waals surface area contributed by atoms with E-state index in [0.29, 0.717) is 36.1 Å². The molecule has 1 aliphatic heterocycles. The van der Waals surface area contributed by atoms with Crippen LogP contribution in [0.1, 0.15) is 19.7 Å². The molecule has 15 heteroatoms. The van der Waals surface area contributed by atoms with Crippen LogP contribution < -0.4 is 15.4 Å². The summed E-state index contributed by atoms with van der Waals surface area (Å²) < 4.78 is 78.8. The Bertz CT molecular complexity index is 1710. The molecule has 4 aromatic rings. The van der Waals surface area contributed by atoms with E-state index in [0.717, 1.165) is 10.8 Å². The number of hydrogen-bond donors (Lipinski definition) is 3. The quantitative estimate of drug-likeness (QED) is 0.255. The van der Waals surface area contributed by atoms with Gasteiger partial charge in [0.2, 0.25) is 11.8 Å². The first kappa shape index (κ1) is 32.9. The minimum absolute atomic E-state index is 0.0730. The molecular formula is C29H32F3N5O6S. The summed E-state index contributed by atoms with van der Waals surface area (Å²) in [5.41, 5.74) is 0.0171. The van der Waals surface area contributed by atoms with Crippen molar-refractivity contribution in [3.63, 3.8) is 0 Å². The summed E-state index contributed by atoms with van der Waals surface area (Å²) >= 11 is 0. The van der Waals surface area contributed by atoms with Crippen LogP contribution in [0.5, 0.6) is 5.75 Å². The zero-order valence-corrected chi connectivity index (χ0v) is 24.9. The number of oxazole rings is 1. The van der Waals surface area contributed by atoms with Gasteiger partial charge in [-0.05, 0) is 42.8 Å². The first-order valence-corrected chi connectivity index (χ1v) is 14.9. The summed E-state index contributed by atoms with van der Waals surface area (Å²) in [6.07, 6.45) is 0.344. The number of aromatic nitrogens is 2. The van der Waals surface area contributed by atoms with Crippen molar-refractivity contribution in [1.29, 1.82) is 0 Å². The van der Waals surface area contributed by atoms with Gasteiger partial charge < -0.3 is 19.8 Å². The van der Waals surface area contributed by atoms with Crippen LogP contribution in [0.2, 0.25) is 0 Å².